The summed E-state index contributed by atoms with van der Waals surface area (Å²) < 4.78 is 31.1. The predicted octanol–water partition coefficient (Wildman–Crippen LogP) is 3.18. The van der Waals surface area contributed by atoms with Gasteiger partial charge in [0.25, 0.3) is 0 Å². The molecule has 2 atom stereocenters. The number of aryl methyl sites for hydroxylation is 1. The van der Waals surface area contributed by atoms with Crippen molar-refractivity contribution in [3.8, 4) is 5.75 Å². The van der Waals surface area contributed by atoms with Gasteiger partial charge in [-0.3, -0.25) is 9.58 Å². The van der Waals surface area contributed by atoms with E-state index >= 15 is 0 Å². The van der Waals surface area contributed by atoms with Gasteiger partial charge in [-0.05, 0) is 63.9 Å². The minimum absolute atomic E-state index is 0.0344. The molecule has 0 spiro atoms. The van der Waals surface area contributed by atoms with Crippen LogP contribution in [0.15, 0.2) is 24.3 Å². The van der Waals surface area contributed by atoms with Gasteiger partial charge in [-0.15, -0.1) is 0 Å². The van der Waals surface area contributed by atoms with Crippen LogP contribution in [-0.4, -0.2) is 61.3 Å². The van der Waals surface area contributed by atoms with Crippen LogP contribution in [0.5, 0.6) is 5.75 Å². The first kappa shape index (κ1) is 23.3. The topological polar surface area (TPSA) is 76.5 Å². The molecule has 2 saturated heterocycles. The highest BCUT2D eigenvalue weighted by molar-refractivity contribution is 7.91. The molecule has 1 N–H and O–H groups in total. The summed E-state index contributed by atoms with van der Waals surface area (Å²) in [6.45, 7) is 7.93. The fourth-order valence-electron chi connectivity index (χ4n) is 5.12. The molecule has 176 valence electrons. The lowest BCUT2D eigenvalue weighted by Gasteiger charge is -2.35. The summed E-state index contributed by atoms with van der Waals surface area (Å²) in [5, 5.41) is 8.39. The maximum absolute atomic E-state index is 11.9. The highest BCUT2D eigenvalue weighted by Gasteiger charge is 2.31. The Labute approximate surface area is 192 Å². The summed E-state index contributed by atoms with van der Waals surface area (Å²) >= 11 is 0. The van der Waals surface area contributed by atoms with E-state index in [4.69, 9.17) is 9.84 Å². The number of nitrogens with one attached hydrogen (secondary N) is 1. The monoisotopic (exact) mass is 460 g/mol. The van der Waals surface area contributed by atoms with Gasteiger partial charge in [0.1, 0.15) is 5.75 Å². The molecular weight excluding hydrogens is 424 g/mol. The Kier molecular flexibility index (Phi) is 7.22. The van der Waals surface area contributed by atoms with Crippen molar-refractivity contribution >= 4 is 9.84 Å². The Bertz CT molecular complexity index is 1010. The molecule has 0 radical (unpaired) electrons. The zero-order chi connectivity index (χ0) is 22.7. The molecule has 8 heteroatoms. The van der Waals surface area contributed by atoms with Crippen LogP contribution in [0.25, 0.3) is 0 Å². The van der Waals surface area contributed by atoms with Gasteiger partial charge >= 0.3 is 0 Å². The normalized spacial score (nSPS) is 22.2. The number of likely N-dealkylation sites (tertiary alicyclic amines) is 1. The number of hydrogen-bond donors (Lipinski definition) is 1. The van der Waals surface area contributed by atoms with Crippen LogP contribution in [0.1, 0.15) is 60.3 Å². The van der Waals surface area contributed by atoms with Gasteiger partial charge < -0.3 is 10.1 Å². The molecular formula is C24H36N4O3S. The van der Waals surface area contributed by atoms with E-state index < -0.39 is 9.84 Å². The number of nitrogens with zero attached hydrogens (tertiary/aromatic N) is 3. The third-order valence-electron chi connectivity index (χ3n) is 7.00. The summed E-state index contributed by atoms with van der Waals surface area (Å²) in [5.74, 6) is 1.35. The molecule has 2 unspecified atom stereocenters. The standard InChI is InChI=1S/C24H36N4O3S/c1-18-23(19(2)28(26-18)21-11-14-32(29,30)17-21)15-25-16-24(27-12-5-4-6-13-27)20-7-9-22(31-3)10-8-20/h7-10,21,24-25H,4-6,11-17H2,1-3H3. The smallest absolute Gasteiger partial charge is 0.152 e. The Morgan fingerprint density at radius 2 is 1.88 bits per heavy atom. The van der Waals surface area contributed by atoms with Crippen LogP contribution in [0.3, 0.4) is 0 Å². The Morgan fingerprint density at radius 3 is 2.50 bits per heavy atom. The van der Waals surface area contributed by atoms with Crippen molar-refractivity contribution in [1.82, 2.24) is 20.0 Å². The lowest BCUT2D eigenvalue weighted by molar-refractivity contribution is 0.160. The highest BCUT2D eigenvalue weighted by atomic mass is 32.2. The third kappa shape index (κ3) is 5.18. The molecule has 3 heterocycles. The van der Waals surface area contributed by atoms with Gasteiger partial charge in [-0.25, -0.2) is 8.42 Å². The Hall–Kier alpha value is -1.90. The van der Waals surface area contributed by atoms with Crippen LogP contribution in [0, 0.1) is 13.8 Å². The van der Waals surface area contributed by atoms with E-state index in [9.17, 15) is 8.42 Å². The molecule has 4 rings (SSSR count). The molecule has 0 bridgehead atoms. The van der Waals surface area contributed by atoms with Gasteiger partial charge in [0, 0.05) is 30.4 Å². The Morgan fingerprint density at radius 1 is 1.16 bits per heavy atom. The molecule has 1 aromatic carbocycles. The van der Waals surface area contributed by atoms with E-state index in [1.807, 2.05) is 23.7 Å². The minimum atomic E-state index is -2.93. The van der Waals surface area contributed by atoms with Crippen LogP contribution in [-0.2, 0) is 16.4 Å². The molecule has 2 aromatic rings. The second-order valence-corrected chi connectivity index (χ2v) is 11.4. The van der Waals surface area contributed by atoms with Gasteiger partial charge in [-0.2, -0.15) is 5.10 Å². The molecule has 32 heavy (non-hydrogen) atoms. The van der Waals surface area contributed by atoms with Gasteiger partial charge in [0.2, 0.25) is 0 Å². The van der Waals surface area contributed by atoms with Crippen molar-refractivity contribution in [2.24, 2.45) is 0 Å². The van der Waals surface area contributed by atoms with Crippen molar-refractivity contribution in [1.29, 1.82) is 0 Å². The summed E-state index contributed by atoms with van der Waals surface area (Å²) in [5.41, 5.74) is 4.55. The van der Waals surface area contributed by atoms with Crippen LogP contribution in [0.2, 0.25) is 0 Å². The van der Waals surface area contributed by atoms with Crippen molar-refractivity contribution in [2.45, 2.75) is 58.2 Å². The minimum Gasteiger partial charge on any atom is -0.497 e. The highest BCUT2D eigenvalue weighted by Crippen LogP contribution is 2.28. The van der Waals surface area contributed by atoms with E-state index in [1.54, 1.807) is 7.11 Å². The van der Waals surface area contributed by atoms with Crippen molar-refractivity contribution in [2.75, 3.05) is 38.2 Å². The number of rotatable bonds is 8. The summed E-state index contributed by atoms with van der Waals surface area (Å²) in [4.78, 5) is 2.59. The molecule has 0 saturated carbocycles. The first-order chi connectivity index (χ1) is 15.4. The van der Waals surface area contributed by atoms with Gasteiger partial charge in [0.15, 0.2) is 9.84 Å². The third-order valence-corrected chi connectivity index (χ3v) is 8.75. The number of ether oxygens (including phenoxy) is 1. The van der Waals surface area contributed by atoms with Gasteiger partial charge in [0.05, 0.1) is 30.4 Å². The van der Waals surface area contributed by atoms with Crippen molar-refractivity contribution in [3.63, 3.8) is 0 Å². The fraction of sp³-hybridized carbons (Fsp3) is 0.625. The molecule has 0 aliphatic carbocycles. The number of piperidine rings is 1. The average molecular weight is 461 g/mol. The SMILES string of the molecule is COc1ccc(C(CNCc2c(C)nn(C3CCS(=O)(=O)C3)c2C)N2CCCCC2)cc1. The molecule has 7 nitrogen and oxygen atoms in total. The lowest BCUT2D eigenvalue weighted by atomic mass is 10.0. The largest absolute Gasteiger partial charge is 0.497 e. The number of aromatic nitrogens is 2. The molecule has 2 aliphatic heterocycles. The number of methoxy groups -OCH3 is 1. The maximum atomic E-state index is 11.9. The van der Waals surface area contributed by atoms with E-state index in [0.29, 0.717) is 12.5 Å². The van der Waals surface area contributed by atoms with Gasteiger partial charge in [-0.1, -0.05) is 18.6 Å². The van der Waals surface area contributed by atoms with E-state index in [2.05, 4.69) is 29.3 Å². The number of sulfone groups is 1. The number of hydrogen-bond acceptors (Lipinski definition) is 6. The Balaban J connectivity index is 1.45. The molecule has 2 fully saturated rings. The van der Waals surface area contributed by atoms with Crippen LogP contribution in [0.4, 0.5) is 0 Å². The predicted molar refractivity (Wildman–Crippen MR) is 127 cm³/mol. The van der Waals surface area contributed by atoms with E-state index in [-0.39, 0.29) is 17.5 Å². The second kappa shape index (κ2) is 9.93. The first-order valence-corrected chi connectivity index (χ1v) is 13.5. The van der Waals surface area contributed by atoms with Crippen molar-refractivity contribution < 1.29 is 13.2 Å². The molecule has 0 amide bonds. The van der Waals surface area contributed by atoms with Crippen LogP contribution < -0.4 is 10.1 Å². The second-order valence-electron chi connectivity index (χ2n) is 9.17. The molecule has 1 aromatic heterocycles. The summed E-state index contributed by atoms with van der Waals surface area (Å²) in [6.07, 6.45) is 4.48. The van der Waals surface area contributed by atoms with Crippen LogP contribution >= 0.6 is 0 Å². The van der Waals surface area contributed by atoms with E-state index in [0.717, 1.165) is 43.3 Å². The fourth-order valence-corrected chi connectivity index (χ4v) is 6.82. The number of benzene rings is 1. The summed E-state index contributed by atoms with van der Waals surface area (Å²) in [6, 6.07) is 8.72. The van der Waals surface area contributed by atoms with E-state index in [1.165, 1.54) is 30.4 Å². The average Bonchev–Trinajstić information content (AvgIpc) is 3.30. The zero-order valence-electron chi connectivity index (χ0n) is 19.5. The zero-order valence-corrected chi connectivity index (χ0v) is 20.3. The first-order valence-electron chi connectivity index (χ1n) is 11.7. The summed E-state index contributed by atoms with van der Waals surface area (Å²) in [7, 11) is -1.23. The quantitative estimate of drug-likeness (QED) is 0.652. The van der Waals surface area contributed by atoms with Crippen molar-refractivity contribution in [3.05, 3.63) is 46.8 Å². The molecule has 2 aliphatic rings. The maximum Gasteiger partial charge on any atom is 0.152 e. The lowest BCUT2D eigenvalue weighted by Crippen LogP contribution is -2.39.